The molecule has 1 aromatic heterocycles. The molecule has 2 heterocycles. The van der Waals surface area contributed by atoms with Gasteiger partial charge < -0.3 is 9.64 Å². The average Bonchev–Trinajstić information content (AvgIpc) is 2.52. The lowest BCUT2D eigenvalue weighted by Gasteiger charge is -2.35. The first-order chi connectivity index (χ1) is 10.2. The molecule has 1 aliphatic carbocycles. The van der Waals surface area contributed by atoms with Gasteiger partial charge in [-0.05, 0) is 39.5 Å². The van der Waals surface area contributed by atoms with E-state index < -0.39 is 0 Å². The van der Waals surface area contributed by atoms with Gasteiger partial charge in [0.15, 0.2) is 0 Å². The van der Waals surface area contributed by atoms with Crippen LogP contribution in [0.2, 0.25) is 0 Å². The average molecular weight is 289 g/mol. The van der Waals surface area contributed by atoms with Crippen LogP contribution in [0.1, 0.15) is 56.3 Å². The topological polar surface area (TPSA) is 38.2 Å². The first-order valence-corrected chi connectivity index (χ1v) is 8.43. The molecule has 0 radical (unpaired) electrons. The molecule has 3 rings (SSSR count). The number of aromatic nitrogens is 2. The van der Waals surface area contributed by atoms with Gasteiger partial charge in [-0.25, -0.2) is 4.98 Å². The number of anilines is 1. The number of nitrogens with zero attached hydrogens (tertiary/aromatic N) is 3. The Morgan fingerprint density at radius 3 is 2.38 bits per heavy atom. The van der Waals surface area contributed by atoms with Crippen LogP contribution >= 0.6 is 0 Å². The molecule has 0 N–H and O–H groups in total. The van der Waals surface area contributed by atoms with Gasteiger partial charge >= 0.3 is 0 Å². The Morgan fingerprint density at radius 1 is 1.00 bits per heavy atom. The maximum Gasteiger partial charge on any atom is 0.150 e. The van der Waals surface area contributed by atoms with Crippen molar-refractivity contribution >= 4 is 5.82 Å². The molecule has 0 aromatic carbocycles. The molecule has 1 saturated heterocycles. The predicted molar refractivity (Wildman–Crippen MR) is 84.7 cm³/mol. The van der Waals surface area contributed by atoms with Crippen molar-refractivity contribution in [3.8, 4) is 0 Å². The minimum atomic E-state index is 0.447. The third-order valence-corrected chi connectivity index (χ3v) is 4.73. The van der Waals surface area contributed by atoms with Crippen molar-refractivity contribution < 1.29 is 4.74 Å². The van der Waals surface area contributed by atoms with Crippen LogP contribution < -0.4 is 4.90 Å². The SMILES string of the molecule is Cc1cnc(C)c(N2CCC(OC3CCCCC3)CC2)n1. The minimum Gasteiger partial charge on any atom is -0.375 e. The summed E-state index contributed by atoms with van der Waals surface area (Å²) >= 11 is 0. The Hall–Kier alpha value is -1.16. The van der Waals surface area contributed by atoms with Crippen LogP contribution in [0.5, 0.6) is 0 Å². The summed E-state index contributed by atoms with van der Waals surface area (Å²) in [4.78, 5) is 11.5. The molecule has 1 aromatic rings. The van der Waals surface area contributed by atoms with Gasteiger partial charge in [0.1, 0.15) is 5.82 Å². The number of aryl methyl sites for hydroxylation is 2. The Bertz CT molecular complexity index is 463. The van der Waals surface area contributed by atoms with Crippen molar-refractivity contribution in [3.05, 3.63) is 17.6 Å². The van der Waals surface area contributed by atoms with Crippen molar-refractivity contribution in [1.82, 2.24) is 9.97 Å². The van der Waals surface area contributed by atoms with Gasteiger partial charge in [-0.3, -0.25) is 4.98 Å². The van der Waals surface area contributed by atoms with E-state index in [2.05, 4.69) is 14.9 Å². The smallest absolute Gasteiger partial charge is 0.150 e. The molecule has 0 spiro atoms. The van der Waals surface area contributed by atoms with E-state index in [1.807, 2.05) is 20.0 Å². The highest BCUT2D eigenvalue weighted by atomic mass is 16.5. The third-order valence-electron chi connectivity index (χ3n) is 4.73. The van der Waals surface area contributed by atoms with Crippen molar-refractivity contribution in [2.24, 2.45) is 0 Å². The minimum absolute atomic E-state index is 0.447. The fraction of sp³-hybridized carbons (Fsp3) is 0.765. The summed E-state index contributed by atoms with van der Waals surface area (Å²) < 4.78 is 6.31. The van der Waals surface area contributed by atoms with Gasteiger partial charge in [-0.1, -0.05) is 19.3 Å². The van der Waals surface area contributed by atoms with Crippen LogP contribution in [-0.4, -0.2) is 35.3 Å². The van der Waals surface area contributed by atoms with Gasteiger partial charge in [0.2, 0.25) is 0 Å². The van der Waals surface area contributed by atoms with Gasteiger partial charge in [-0.2, -0.15) is 0 Å². The summed E-state index contributed by atoms with van der Waals surface area (Å²) in [7, 11) is 0. The number of ether oxygens (including phenoxy) is 1. The molecule has 116 valence electrons. The molecule has 0 atom stereocenters. The van der Waals surface area contributed by atoms with E-state index >= 15 is 0 Å². The van der Waals surface area contributed by atoms with E-state index in [-0.39, 0.29) is 0 Å². The molecule has 2 aliphatic rings. The van der Waals surface area contributed by atoms with Crippen LogP contribution in [0.25, 0.3) is 0 Å². The summed E-state index contributed by atoms with van der Waals surface area (Å²) in [6.45, 7) is 6.13. The molecule has 4 heteroatoms. The van der Waals surface area contributed by atoms with Crippen LogP contribution in [-0.2, 0) is 4.74 Å². The highest BCUT2D eigenvalue weighted by molar-refractivity contribution is 5.43. The molecule has 4 nitrogen and oxygen atoms in total. The summed E-state index contributed by atoms with van der Waals surface area (Å²) in [5, 5.41) is 0. The summed E-state index contributed by atoms with van der Waals surface area (Å²) in [6.07, 6.45) is 11.7. The first kappa shape index (κ1) is 14.8. The zero-order chi connectivity index (χ0) is 14.7. The highest BCUT2D eigenvalue weighted by Crippen LogP contribution is 2.26. The Labute approximate surface area is 127 Å². The van der Waals surface area contributed by atoms with Crippen molar-refractivity contribution in [1.29, 1.82) is 0 Å². The second-order valence-electron chi connectivity index (χ2n) is 6.50. The quantitative estimate of drug-likeness (QED) is 0.854. The number of piperidine rings is 1. The van der Waals surface area contributed by atoms with Crippen LogP contribution in [0.15, 0.2) is 6.20 Å². The second kappa shape index (κ2) is 6.73. The standard InChI is InChI=1S/C17H27N3O/c1-13-12-18-14(2)17(19-13)20-10-8-16(9-11-20)21-15-6-4-3-5-7-15/h12,15-16H,3-11H2,1-2H3. The van der Waals surface area contributed by atoms with Gasteiger partial charge in [0, 0.05) is 19.3 Å². The lowest BCUT2D eigenvalue weighted by molar-refractivity contribution is -0.0395. The van der Waals surface area contributed by atoms with Crippen molar-refractivity contribution in [2.75, 3.05) is 18.0 Å². The molecular weight excluding hydrogens is 262 g/mol. The molecule has 0 amide bonds. The van der Waals surface area contributed by atoms with E-state index in [0.29, 0.717) is 12.2 Å². The normalized spacial score (nSPS) is 21.7. The molecule has 1 aliphatic heterocycles. The maximum atomic E-state index is 6.31. The summed E-state index contributed by atoms with van der Waals surface area (Å²) in [6, 6.07) is 0. The van der Waals surface area contributed by atoms with E-state index in [1.54, 1.807) is 0 Å². The second-order valence-corrected chi connectivity index (χ2v) is 6.50. The van der Waals surface area contributed by atoms with Crippen LogP contribution in [0.3, 0.4) is 0 Å². The molecular formula is C17H27N3O. The Balaban J connectivity index is 1.53. The monoisotopic (exact) mass is 289 g/mol. The molecule has 2 fully saturated rings. The Kier molecular flexibility index (Phi) is 4.73. The fourth-order valence-electron chi connectivity index (χ4n) is 3.50. The molecule has 0 unspecified atom stereocenters. The van der Waals surface area contributed by atoms with E-state index in [1.165, 1.54) is 32.1 Å². The van der Waals surface area contributed by atoms with E-state index in [4.69, 9.17) is 4.74 Å². The lowest BCUT2D eigenvalue weighted by atomic mass is 9.97. The highest BCUT2D eigenvalue weighted by Gasteiger charge is 2.25. The third kappa shape index (κ3) is 3.73. The van der Waals surface area contributed by atoms with Crippen LogP contribution in [0, 0.1) is 13.8 Å². The van der Waals surface area contributed by atoms with Gasteiger partial charge in [0.25, 0.3) is 0 Å². The largest absolute Gasteiger partial charge is 0.375 e. The van der Waals surface area contributed by atoms with Crippen molar-refractivity contribution in [2.45, 2.75) is 71.0 Å². The van der Waals surface area contributed by atoms with Crippen molar-refractivity contribution in [3.63, 3.8) is 0 Å². The summed E-state index contributed by atoms with van der Waals surface area (Å²) in [5.74, 6) is 1.06. The number of hydrogen-bond acceptors (Lipinski definition) is 4. The molecule has 1 saturated carbocycles. The predicted octanol–water partition coefficient (Wildman–Crippen LogP) is 3.41. The molecule has 0 bridgehead atoms. The number of hydrogen-bond donors (Lipinski definition) is 0. The van der Waals surface area contributed by atoms with Gasteiger partial charge in [0.05, 0.1) is 23.6 Å². The zero-order valence-electron chi connectivity index (χ0n) is 13.3. The maximum absolute atomic E-state index is 6.31. The lowest BCUT2D eigenvalue weighted by Crippen LogP contribution is -2.39. The fourth-order valence-corrected chi connectivity index (χ4v) is 3.50. The molecule has 21 heavy (non-hydrogen) atoms. The number of rotatable bonds is 3. The van der Waals surface area contributed by atoms with E-state index in [0.717, 1.165) is 43.1 Å². The van der Waals surface area contributed by atoms with Crippen LogP contribution in [0.4, 0.5) is 5.82 Å². The van der Waals surface area contributed by atoms with Gasteiger partial charge in [-0.15, -0.1) is 0 Å². The first-order valence-electron chi connectivity index (χ1n) is 8.43. The van der Waals surface area contributed by atoms with E-state index in [9.17, 15) is 0 Å². The summed E-state index contributed by atoms with van der Waals surface area (Å²) in [5.41, 5.74) is 2.03. The Morgan fingerprint density at radius 2 is 1.67 bits per heavy atom. The zero-order valence-corrected chi connectivity index (χ0v) is 13.3.